The van der Waals surface area contributed by atoms with Gasteiger partial charge in [-0.25, -0.2) is 0 Å². The summed E-state index contributed by atoms with van der Waals surface area (Å²) < 4.78 is 0. The molecule has 0 atom stereocenters. The molecule has 0 aliphatic carbocycles. The van der Waals surface area contributed by atoms with E-state index in [1.54, 1.807) is 6.07 Å². The first kappa shape index (κ1) is 11.6. The minimum absolute atomic E-state index is 0.607. The Morgan fingerprint density at radius 2 is 1.50 bits per heavy atom. The fraction of sp³-hybridized carbons (Fsp3) is 0. The van der Waals surface area contributed by atoms with Crippen LogP contribution in [0.15, 0.2) is 41.3 Å². The van der Waals surface area contributed by atoms with Crippen LogP contribution < -0.4 is 5.73 Å². The van der Waals surface area contributed by atoms with E-state index >= 15 is 0 Å². The number of hydrogen-bond donors (Lipinski definition) is 2. The van der Waals surface area contributed by atoms with Crippen LogP contribution in [0.4, 0.5) is 5.69 Å². The number of nitrogens with two attached hydrogens (primary N) is 1. The van der Waals surface area contributed by atoms with Crippen molar-refractivity contribution < 1.29 is 0 Å². The van der Waals surface area contributed by atoms with Crippen molar-refractivity contribution in [3.63, 3.8) is 0 Å². The third-order valence-corrected chi connectivity index (χ3v) is 3.07. The van der Waals surface area contributed by atoms with Gasteiger partial charge < -0.3 is 5.73 Å². The monoisotopic (exact) mass is 269 g/mol. The van der Waals surface area contributed by atoms with E-state index in [2.05, 4.69) is 12.6 Å². The van der Waals surface area contributed by atoms with Crippen LogP contribution in [0, 0.1) is 0 Å². The van der Waals surface area contributed by atoms with Gasteiger partial charge in [-0.05, 0) is 41.5 Å². The fourth-order valence-electron chi connectivity index (χ4n) is 1.45. The summed E-state index contributed by atoms with van der Waals surface area (Å²) in [7, 11) is 0. The lowest BCUT2D eigenvalue weighted by atomic mass is 10.1. The molecular weight excluding hydrogens is 261 g/mol. The summed E-state index contributed by atoms with van der Waals surface area (Å²) in [5.41, 5.74) is 8.34. The smallest absolute Gasteiger partial charge is 0.0455 e. The average molecular weight is 270 g/mol. The number of rotatable bonds is 1. The molecule has 2 N–H and O–H groups in total. The molecule has 2 rings (SSSR count). The molecule has 2 aromatic carbocycles. The summed E-state index contributed by atoms with van der Waals surface area (Å²) in [5.74, 6) is 0. The second kappa shape index (κ2) is 4.58. The van der Waals surface area contributed by atoms with Crippen molar-refractivity contribution in [2.75, 3.05) is 5.73 Å². The molecule has 2 aromatic rings. The Balaban J connectivity index is 2.54. The number of benzene rings is 2. The van der Waals surface area contributed by atoms with E-state index in [1.807, 2.05) is 30.3 Å². The molecule has 4 heteroatoms. The van der Waals surface area contributed by atoms with Crippen LogP contribution in [0.2, 0.25) is 10.0 Å². The Morgan fingerprint density at radius 3 is 2.06 bits per heavy atom. The molecule has 0 saturated carbocycles. The SMILES string of the molecule is Nc1cc(-c2cc(Cl)cc(Cl)c2)ccc1S. The van der Waals surface area contributed by atoms with Gasteiger partial charge in [-0.3, -0.25) is 0 Å². The first-order valence-electron chi connectivity index (χ1n) is 4.61. The van der Waals surface area contributed by atoms with Crippen LogP contribution in [0.25, 0.3) is 11.1 Å². The number of hydrogen-bond acceptors (Lipinski definition) is 2. The molecule has 0 bridgehead atoms. The molecule has 0 saturated heterocycles. The molecular formula is C12H9Cl2NS. The molecule has 0 aliphatic rings. The molecule has 0 heterocycles. The number of anilines is 1. The summed E-state index contributed by atoms with van der Waals surface area (Å²) >= 11 is 16.1. The largest absolute Gasteiger partial charge is 0.398 e. The molecule has 0 aromatic heterocycles. The molecule has 0 radical (unpaired) electrons. The fourth-order valence-corrected chi connectivity index (χ4v) is 2.12. The number of nitrogen functional groups attached to an aromatic ring is 1. The Bertz CT molecular complexity index is 520. The molecule has 0 unspecified atom stereocenters. The highest BCUT2D eigenvalue weighted by Gasteiger charge is 2.03. The standard InChI is InChI=1S/C12H9Cl2NS/c13-9-3-8(4-10(14)6-9)7-1-2-12(16)11(15)5-7/h1-6,16H,15H2. The highest BCUT2D eigenvalue weighted by molar-refractivity contribution is 7.80. The normalized spacial score (nSPS) is 10.4. The molecule has 16 heavy (non-hydrogen) atoms. The Hall–Kier alpha value is -0.830. The summed E-state index contributed by atoms with van der Waals surface area (Å²) in [6.07, 6.45) is 0. The van der Waals surface area contributed by atoms with Crippen LogP contribution in [-0.2, 0) is 0 Å². The van der Waals surface area contributed by atoms with Crippen molar-refractivity contribution in [2.24, 2.45) is 0 Å². The van der Waals surface area contributed by atoms with Gasteiger partial charge >= 0.3 is 0 Å². The van der Waals surface area contributed by atoms with Crippen LogP contribution in [0.1, 0.15) is 0 Å². The zero-order valence-corrected chi connectivity index (χ0v) is 10.7. The minimum atomic E-state index is 0.607. The number of thiol groups is 1. The average Bonchev–Trinajstić information content (AvgIpc) is 2.20. The van der Waals surface area contributed by atoms with Gasteiger partial charge in [-0.1, -0.05) is 29.3 Å². The number of halogens is 2. The van der Waals surface area contributed by atoms with E-state index in [0.29, 0.717) is 15.7 Å². The maximum atomic E-state index is 5.94. The van der Waals surface area contributed by atoms with Gasteiger partial charge in [0.15, 0.2) is 0 Å². The van der Waals surface area contributed by atoms with Crippen molar-refractivity contribution >= 4 is 41.5 Å². The predicted molar refractivity (Wildman–Crippen MR) is 73.6 cm³/mol. The first-order chi connectivity index (χ1) is 7.56. The Labute approximate surface area is 110 Å². The van der Waals surface area contributed by atoms with Gasteiger partial charge in [0.25, 0.3) is 0 Å². The van der Waals surface area contributed by atoms with E-state index < -0.39 is 0 Å². The Morgan fingerprint density at radius 1 is 0.875 bits per heavy atom. The second-order valence-corrected chi connectivity index (χ2v) is 4.79. The second-order valence-electron chi connectivity index (χ2n) is 3.43. The molecule has 0 aliphatic heterocycles. The molecule has 1 nitrogen and oxygen atoms in total. The van der Waals surface area contributed by atoms with Gasteiger partial charge in [-0.15, -0.1) is 12.6 Å². The zero-order valence-electron chi connectivity index (χ0n) is 8.24. The van der Waals surface area contributed by atoms with E-state index in [4.69, 9.17) is 28.9 Å². The van der Waals surface area contributed by atoms with E-state index in [9.17, 15) is 0 Å². The van der Waals surface area contributed by atoms with Crippen molar-refractivity contribution in [1.82, 2.24) is 0 Å². The summed E-state index contributed by atoms with van der Waals surface area (Å²) in [5, 5.41) is 1.21. The highest BCUT2D eigenvalue weighted by atomic mass is 35.5. The van der Waals surface area contributed by atoms with Gasteiger partial charge in [0.2, 0.25) is 0 Å². The van der Waals surface area contributed by atoms with Gasteiger partial charge in [0, 0.05) is 20.6 Å². The third-order valence-electron chi connectivity index (χ3n) is 2.22. The van der Waals surface area contributed by atoms with Crippen LogP contribution >= 0.6 is 35.8 Å². The summed E-state index contributed by atoms with van der Waals surface area (Å²) in [6.45, 7) is 0. The minimum Gasteiger partial charge on any atom is -0.398 e. The van der Waals surface area contributed by atoms with Crippen LogP contribution in [-0.4, -0.2) is 0 Å². The van der Waals surface area contributed by atoms with Gasteiger partial charge in [0.05, 0.1) is 0 Å². The quantitative estimate of drug-likeness (QED) is 0.577. The molecule has 82 valence electrons. The zero-order chi connectivity index (χ0) is 11.7. The molecule has 0 amide bonds. The van der Waals surface area contributed by atoms with Crippen molar-refractivity contribution in [3.8, 4) is 11.1 Å². The topological polar surface area (TPSA) is 26.0 Å². The highest BCUT2D eigenvalue weighted by Crippen LogP contribution is 2.30. The van der Waals surface area contributed by atoms with Crippen LogP contribution in [0.3, 0.4) is 0 Å². The van der Waals surface area contributed by atoms with Crippen LogP contribution in [0.5, 0.6) is 0 Å². The third kappa shape index (κ3) is 2.46. The summed E-state index contributed by atoms with van der Waals surface area (Å²) in [4.78, 5) is 0.761. The van der Waals surface area contributed by atoms with Gasteiger partial charge in [-0.2, -0.15) is 0 Å². The van der Waals surface area contributed by atoms with Crippen molar-refractivity contribution in [3.05, 3.63) is 46.4 Å². The van der Waals surface area contributed by atoms with E-state index in [0.717, 1.165) is 16.0 Å². The predicted octanol–water partition coefficient (Wildman–Crippen LogP) is 4.53. The van der Waals surface area contributed by atoms with Crippen molar-refractivity contribution in [1.29, 1.82) is 0 Å². The lowest BCUT2D eigenvalue weighted by Gasteiger charge is -2.06. The maximum absolute atomic E-state index is 5.94. The lowest BCUT2D eigenvalue weighted by molar-refractivity contribution is 1.47. The van der Waals surface area contributed by atoms with E-state index in [-0.39, 0.29) is 0 Å². The molecule has 0 spiro atoms. The lowest BCUT2D eigenvalue weighted by Crippen LogP contribution is -1.88. The van der Waals surface area contributed by atoms with Gasteiger partial charge in [0.1, 0.15) is 0 Å². The van der Waals surface area contributed by atoms with Crippen molar-refractivity contribution in [2.45, 2.75) is 4.90 Å². The summed E-state index contributed by atoms with van der Waals surface area (Å²) in [6, 6.07) is 11.0. The molecule has 0 fully saturated rings. The first-order valence-corrected chi connectivity index (χ1v) is 5.81. The Kier molecular flexibility index (Phi) is 3.33. The maximum Gasteiger partial charge on any atom is 0.0455 e. The van der Waals surface area contributed by atoms with E-state index in [1.165, 1.54) is 0 Å².